The van der Waals surface area contributed by atoms with Gasteiger partial charge in [0.05, 0.1) is 18.0 Å². The summed E-state index contributed by atoms with van der Waals surface area (Å²) in [6, 6.07) is 13.4. The third-order valence-electron chi connectivity index (χ3n) is 2.60. The van der Waals surface area contributed by atoms with Gasteiger partial charge in [-0.05, 0) is 29.8 Å². The molecule has 0 spiro atoms. The third kappa shape index (κ3) is 1.42. The molecule has 2 N–H and O–H groups in total. The van der Waals surface area contributed by atoms with E-state index in [0.29, 0.717) is 0 Å². The second kappa shape index (κ2) is 3.54. The molecule has 1 aliphatic rings. The largest absolute Gasteiger partial charge is 0.453 e. The first-order valence-electron chi connectivity index (χ1n) is 5.14. The number of rotatable bonds is 1. The van der Waals surface area contributed by atoms with Gasteiger partial charge < -0.3 is 15.2 Å². The minimum Gasteiger partial charge on any atom is -0.453 e. The summed E-state index contributed by atoms with van der Waals surface area (Å²) in [6.45, 7) is 0.0261. The summed E-state index contributed by atoms with van der Waals surface area (Å²) < 4.78 is 5.75. The highest BCUT2D eigenvalue weighted by Gasteiger charge is 2.15. The van der Waals surface area contributed by atoms with Crippen LogP contribution in [0, 0.1) is 0 Å². The van der Waals surface area contributed by atoms with Crippen LogP contribution in [0.5, 0.6) is 11.5 Å². The van der Waals surface area contributed by atoms with Crippen LogP contribution in [0.2, 0.25) is 0 Å². The van der Waals surface area contributed by atoms with Crippen molar-refractivity contribution in [3.63, 3.8) is 0 Å². The molecule has 0 radical (unpaired) electrons. The summed E-state index contributed by atoms with van der Waals surface area (Å²) >= 11 is 0. The van der Waals surface area contributed by atoms with Crippen LogP contribution >= 0.6 is 0 Å². The predicted molar refractivity (Wildman–Crippen MR) is 62.2 cm³/mol. The molecule has 1 heterocycles. The molecular formula is C13H11NO2. The van der Waals surface area contributed by atoms with Crippen LogP contribution < -0.4 is 10.1 Å². The van der Waals surface area contributed by atoms with E-state index in [1.165, 1.54) is 0 Å². The Hall–Kier alpha value is -2.00. The van der Waals surface area contributed by atoms with E-state index in [9.17, 15) is 0 Å². The van der Waals surface area contributed by atoms with Crippen LogP contribution in [0.25, 0.3) is 0 Å². The molecular weight excluding hydrogens is 202 g/mol. The van der Waals surface area contributed by atoms with E-state index in [-0.39, 0.29) is 6.61 Å². The number of aliphatic hydroxyl groups is 1. The van der Waals surface area contributed by atoms with Crippen LogP contribution in [0.3, 0.4) is 0 Å². The van der Waals surface area contributed by atoms with Gasteiger partial charge >= 0.3 is 0 Å². The van der Waals surface area contributed by atoms with Crippen molar-refractivity contribution in [2.24, 2.45) is 0 Å². The highest BCUT2D eigenvalue weighted by molar-refractivity contribution is 5.75. The lowest BCUT2D eigenvalue weighted by atomic mass is 10.1. The quantitative estimate of drug-likeness (QED) is 0.652. The van der Waals surface area contributed by atoms with E-state index in [1.807, 2.05) is 42.5 Å². The fraction of sp³-hybridized carbons (Fsp3) is 0.0769. The number of benzene rings is 2. The van der Waals surface area contributed by atoms with Crippen LogP contribution in [-0.4, -0.2) is 5.11 Å². The molecule has 0 aliphatic carbocycles. The maximum Gasteiger partial charge on any atom is 0.151 e. The van der Waals surface area contributed by atoms with Crippen molar-refractivity contribution in [3.8, 4) is 11.5 Å². The Labute approximate surface area is 93.3 Å². The van der Waals surface area contributed by atoms with Gasteiger partial charge in [-0.1, -0.05) is 18.2 Å². The van der Waals surface area contributed by atoms with Crippen LogP contribution in [0.15, 0.2) is 42.5 Å². The van der Waals surface area contributed by atoms with Crippen molar-refractivity contribution < 1.29 is 9.84 Å². The molecule has 16 heavy (non-hydrogen) atoms. The Morgan fingerprint density at radius 1 is 1.00 bits per heavy atom. The van der Waals surface area contributed by atoms with Gasteiger partial charge in [0.15, 0.2) is 11.5 Å². The lowest BCUT2D eigenvalue weighted by molar-refractivity contribution is 0.281. The average Bonchev–Trinajstić information content (AvgIpc) is 2.35. The standard InChI is InChI=1S/C13H11NO2/c15-8-9-5-6-11-13(7-9)16-12-4-2-1-3-10(12)14-11/h1-7,14-15H,8H2. The van der Waals surface area contributed by atoms with Crippen LogP contribution in [0.1, 0.15) is 5.56 Å². The number of fused-ring (bicyclic) bond motifs is 2. The Kier molecular flexibility index (Phi) is 2.04. The van der Waals surface area contributed by atoms with Gasteiger partial charge in [0, 0.05) is 0 Å². The summed E-state index contributed by atoms with van der Waals surface area (Å²) in [5, 5.41) is 12.3. The van der Waals surface area contributed by atoms with E-state index < -0.39 is 0 Å². The Morgan fingerprint density at radius 3 is 2.69 bits per heavy atom. The fourth-order valence-corrected chi connectivity index (χ4v) is 1.78. The Balaban J connectivity index is 2.05. The number of hydrogen-bond acceptors (Lipinski definition) is 3. The average molecular weight is 213 g/mol. The number of para-hydroxylation sites is 2. The van der Waals surface area contributed by atoms with Crippen molar-refractivity contribution in [2.45, 2.75) is 6.61 Å². The maximum atomic E-state index is 9.06. The number of aliphatic hydroxyl groups excluding tert-OH is 1. The highest BCUT2D eigenvalue weighted by Crippen LogP contribution is 2.41. The van der Waals surface area contributed by atoms with Gasteiger partial charge in [-0.15, -0.1) is 0 Å². The number of hydrogen-bond donors (Lipinski definition) is 2. The predicted octanol–water partition coefficient (Wildman–Crippen LogP) is 3.03. The molecule has 3 nitrogen and oxygen atoms in total. The van der Waals surface area contributed by atoms with E-state index in [4.69, 9.17) is 9.84 Å². The summed E-state index contributed by atoms with van der Waals surface area (Å²) in [5.41, 5.74) is 2.74. The second-order valence-electron chi connectivity index (χ2n) is 3.71. The lowest BCUT2D eigenvalue weighted by Crippen LogP contribution is -2.02. The molecule has 0 fully saturated rings. The Morgan fingerprint density at radius 2 is 1.81 bits per heavy atom. The second-order valence-corrected chi connectivity index (χ2v) is 3.71. The monoisotopic (exact) mass is 213 g/mol. The van der Waals surface area contributed by atoms with Gasteiger partial charge in [-0.2, -0.15) is 0 Å². The van der Waals surface area contributed by atoms with E-state index in [1.54, 1.807) is 0 Å². The molecule has 0 unspecified atom stereocenters. The molecule has 0 saturated carbocycles. The molecule has 1 aliphatic heterocycles. The topological polar surface area (TPSA) is 41.5 Å². The van der Waals surface area contributed by atoms with Gasteiger partial charge in [-0.25, -0.2) is 0 Å². The summed E-state index contributed by atoms with van der Waals surface area (Å²) in [7, 11) is 0. The van der Waals surface area contributed by atoms with Crippen LogP contribution in [-0.2, 0) is 6.61 Å². The van der Waals surface area contributed by atoms with E-state index >= 15 is 0 Å². The smallest absolute Gasteiger partial charge is 0.151 e. The summed E-state index contributed by atoms with van der Waals surface area (Å²) in [4.78, 5) is 0. The molecule has 2 aromatic rings. The molecule has 2 aromatic carbocycles. The normalized spacial score (nSPS) is 12.1. The zero-order valence-corrected chi connectivity index (χ0v) is 8.60. The first kappa shape index (κ1) is 9.24. The number of anilines is 2. The molecule has 80 valence electrons. The number of nitrogens with one attached hydrogen (secondary N) is 1. The third-order valence-corrected chi connectivity index (χ3v) is 2.60. The van der Waals surface area contributed by atoms with Crippen molar-refractivity contribution in [3.05, 3.63) is 48.0 Å². The minimum absolute atomic E-state index is 0.0261. The minimum atomic E-state index is 0.0261. The van der Waals surface area contributed by atoms with E-state index in [0.717, 1.165) is 28.4 Å². The zero-order valence-electron chi connectivity index (χ0n) is 8.60. The van der Waals surface area contributed by atoms with Crippen molar-refractivity contribution in [1.29, 1.82) is 0 Å². The van der Waals surface area contributed by atoms with Crippen molar-refractivity contribution in [1.82, 2.24) is 0 Å². The molecule has 0 bridgehead atoms. The summed E-state index contributed by atoms with van der Waals surface area (Å²) in [5.74, 6) is 1.57. The molecule has 0 saturated heterocycles. The summed E-state index contributed by atoms with van der Waals surface area (Å²) in [6.07, 6.45) is 0. The van der Waals surface area contributed by atoms with Gasteiger partial charge in [-0.3, -0.25) is 0 Å². The van der Waals surface area contributed by atoms with Crippen molar-refractivity contribution in [2.75, 3.05) is 5.32 Å². The molecule has 0 amide bonds. The molecule has 0 aromatic heterocycles. The number of ether oxygens (including phenoxy) is 1. The fourth-order valence-electron chi connectivity index (χ4n) is 1.78. The SMILES string of the molecule is OCc1ccc2c(c1)Oc1ccccc1N2. The van der Waals surface area contributed by atoms with Gasteiger partial charge in [0.2, 0.25) is 0 Å². The molecule has 3 heteroatoms. The van der Waals surface area contributed by atoms with Gasteiger partial charge in [0.1, 0.15) is 0 Å². The Bertz CT molecular complexity index is 537. The maximum absolute atomic E-state index is 9.06. The first-order valence-corrected chi connectivity index (χ1v) is 5.14. The molecule has 0 atom stereocenters. The van der Waals surface area contributed by atoms with E-state index in [2.05, 4.69) is 5.32 Å². The zero-order chi connectivity index (χ0) is 11.0. The van der Waals surface area contributed by atoms with Gasteiger partial charge in [0.25, 0.3) is 0 Å². The van der Waals surface area contributed by atoms with Crippen LogP contribution in [0.4, 0.5) is 11.4 Å². The lowest BCUT2D eigenvalue weighted by Gasteiger charge is -2.21. The van der Waals surface area contributed by atoms with Crippen molar-refractivity contribution >= 4 is 11.4 Å². The molecule has 3 rings (SSSR count). The first-order chi connectivity index (χ1) is 7.86. The highest BCUT2D eigenvalue weighted by atomic mass is 16.5.